The number of nitrogens with one attached hydrogen (secondary N) is 2. The Hall–Kier alpha value is -3.34. The molecular formula is C24H22BrN3O5S. The summed E-state index contributed by atoms with van der Waals surface area (Å²) in [6.07, 6.45) is 1.30. The number of hydrazone groups is 1. The Morgan fingerprint density at radius 2 is 1.74 bits per heavy atom. The maximum Gasteiger partial charge on any atom is 0.343 e. The van der Waals surface area contributed by atoms with Gasteiger partial charge in [0.15, 0.2) is 0 Å². The van der Waals surface area contributed by atoms with Crippen molar-refractivity contribution >= 4 is 44.0 Å². The van der Waals surface area contributed by atoms with Gasteiger partial charge in [-0.05, 0) is 56.3 Å². The zero-order valence-electron chi connectivity index (χ0n) is 18.4. The summed E-state index contributed by atoms with van der Waals surface area (Å²) in [5.41, 5.74) is 4.92. The Morgan fingerprint density at radius 3 is 2.44 bits per heavy atom. The molecule has 0 saturated carbocycles. The number of rotatable bonds is 8. The zero-order chi connectivity index (χ0) is 24.7. The summed E-state index contributed by atoms with van der Waals surface area (Å²) in [5, 5.41) is 3.85. The monoisotopic (exact) mass is 543 g/mol. The van der Waals surface area contributed by atoms with Crippen LogP contribution in [0.5, 0.6) is 5.75 Å². The molecule has 3 aromatic carbocycles. The Morgan fingerprint density at radius 1 is 1.00 bits per heavy atom. The number of ether oxygens (including phenoxy) is 1. The van der Waals surface area contributed by atoms with Gasteiger partial charge in [-0.25, -0.2) is 23.4 Å². The van der Waals surface area contributed by atoms with E-state index in [-0.39, 0.29) is 10.6 Å². The molecule has 0 spiro atoms. The van der Waals surface area contributed by atoms with Crippen molar-refractivity contribution < 1.29 is 22.7 Å². The van der Waals surface area contributed by atoms with Crippen molar-refractivity contribution in [3.63, 3.8) is 0 Å². The fourth-order valence-corrected chi connectivity index (χ4v) is 4.18. The first-order chi connectivity index (χ1) is 16.1. The third-order valence-electron chi connectivity index (χ3n) is 4.58. The minimum absolute atomic E-state index is 0.0589. The highest BCUT2D eigenvalue weighted by Gasteiger charge is 2.15. The number of hydrogen-bond donors (Lipinski definition) is 2. The van der Waals surface area contributed by atoms with Crippen LogP contribution in [0.15, 0.2) is 81.2 Å². The number of halogens is 1. The molecule has 10 heteroatoms. The number of benzene rings is 3. The summed E-state index contributed by atoms with van der Waals surface area (Å²) < 4.78 is 33.0. The topological polar surface area (TPSA) is 114 Å². The van der Waals surface area contributed by atoms with Gasteiger partial charge in [-0.3, -0.25) is 4.79 Å². The van der Waals surface area contributed by atoms with Crippen molar-refractivity contribution in [2.24, 2.45) is 5.10 Å². The lowest BCUT2D eigenvalue weighted by molar-refractivity contribution is -0.119. The Labute approximate surface area is 206 Å². The molecule has 0 aliphatic rings. The fourth-order valence-electron chi connectivity index (χ4n) is 2.82. The molecule has 0 unspecified atom stereocenters. The summed E-state index contributed by atoms with van der Waals surface area (Å²) in [6.45, 7) is 3.22. The quantitative estimate of drug-likeness (QED) is 0.194. The van der Waals surface area contributed by atoms with Gasteiger partial charge in [0, 0.05) is 10.0 Å². The number of aryl methyl sites for hydroxylation is 2. The van der Waals surface area contributed by atoms with Crippen molar-refractivity contribution in [1.29, 1.82) is 0 Å². The molecule has 34 heavy (non-hydrogen) atoms. The minimum atomic E-state index is -3.83. The van der Waals surface area contributed by atoms with E-state index in [2.05, 4.69) is 31.2 Å². The van der Waals surface area contributed by atoms with Crippen LogP contribution in [0.3, 0.4) is 0 Å². The maximum atomic E-state index is 12.5. The average molecular weight is 544 g/mol. The van der Waals surface area contributed by atoms with E-state index in [0.717, 1.165) is 11.1 Å². The maximum absolute atomic E-state index is 12.5. The SMILES string of the molecule is Cc1ccc(S(=O)(=O)NCC(=O)N/N=C/c2cc(Br)ccc2OC(=O)c2cccc(C)c2)cc1. The largest absolute Gasteiger partial charge is 0.422 e. The molecule has 0 aliphatic carbocycles. The summed E-state index contributed by atoms with van der Waals surface area (Å²) in [5.74, 6) is -0.955. The van der Waals surface area contributed by atoms with E-state index in [1.807, 2.05) is 19.9 Å². The van der Waals surface area contributed by atoms with E-state index >= 15 is 0 Å². The molecule has 1 amide bonds. The Balaban J connectivity index is 1.62. The first-order valence-electron chi connectivity index (χ1n) is 10.1. The van der Waals surface area contributed by atoms with E-state index in [1.54, 1.807) is 48.5 Å². The molecule has 0 aromatic heterocycles. The molecule has 0 aliphatic heterocycles. The van der Waals surface area contributed by atoms with E-state index in [1.165, 1.54) is 18.3 Å². The lowest BCUT2D eigenvalue weighted by Crippen LogP contribution is -2.34. The standard InChI is InChI=1S/C24H22BrN3O5S/c1-16-6-9-21(10-7-16)34(31,32)27-15-23(29)28-26-14-19-13-20(25)8-11-22(19)33-24(30)18-5-3-4-17(2)12-18/h3-14,27H,15H2,1-2H3,(H,28,29)/b26-14+. The van der Waals surface area contributed by atoms with Crippen molar-refractivity contribution in [3.8, 4) is 5.75 Å². The number of carbonyl (C=O) groups is 2. The van der Waals surface area contributed by atoms with Gasteiger partial charge in [0.25, 0.3) is 5.91 Å². The van der Waals surface area contributed by atoms with E-state index < -0.39 is 28.4 Å². The van der Waals surface area contributed by atoms with Gasteiger partial charge in [-0.15, -0.1) is 0 Å². The van der Waals surface area contributed by atoms with Gasteiger partial charge in [0.05, 0.1) is 23.2 Å². The second-order valence-corrected chi connectivity index (χ2v) is 10.1. The first kappa shape index (κ1) is 25.3. The highest BCUT2D eigenvalue weighted by atomic mass is 79.9. The van der Waals surface area contributed by atoms with E-state index in [4.69, 9.17) is 4.74 Å². The highest BCUT2D eigenvalue weighted by Crippen LogP contribution is 2.23. The van der Waals surface area contributed by atoms with Crippen LogP contribution in [-0.4, -0.2) is 33.1 Å². The Kier molecular flexibility index (Phi) is 8.32. The van der Waals surface area contributed by atoms with Gasteiger partial charge >= 0.3 is 5.97 Å². The van der Waals surface area contributed by atoms with Gasteiger partial charge in [0.1, 0.15) is 5.75 Å². The number of hydrogen-bond acceptors (Lipinski definition) is 6. The third-order valence-corrected chi connectivity index (χ3v) is 6.49. The number of nitrogens with zero attached hydrogens (tertiary/aromatic N) is 1. The fraction of sp³-hybridized carbons (Fsp3) is 0.125. The molecule has 0 heterocycles. The van der Waals surface area contributed by atoms with Crippen LogP contribution in [0.4, 0.5) is 0 Å². The van der Waals surface area contributed by atoms with Crippen LogP contribution in [0.1, 0.15) is 27.0 Å². The number of carbonyl (C=O) groups excluding carboxylic acids is 2. The smallest absolute Gasteiger partial charge is 0.343 e. The summed E-state index contributed by atoms with van der Waals surface area (Å²) in [6, 6.07) is 18.2. The van der Waals surface area contributed by atoms with Crippen molar-refractivity contribution in [3.05, 3.63) is 93.5 Å². The predicted molar refractivity (Wildman–Crippen MR) is 132 cm³/mol. The zero-order valence-corrected chi connectivity index (χ0v) is 20.8. The van der Waals surface area contributed by atoms with Crippen molar-refractivity contribution in [2.75, 3.05) is 6.54 Å². The molecule has 2 N–H and O–H groups in total. The molecule has 3 aromatic rings. The molecular weight excluding hydrogens is 522 g/mol. The Bertz CT molecular complexity index is 1340. The average Bonchev–Trinajstić information content (AvgIpc) is 2.80. The highest BCUT2D eigenvalue weighted by molar-refractivity contribution is 9.10. The molecule has 0 bridgehead atoms. The third kappa shape index (κ3) is 7.08. The summed E-state index contributed by atoms with van der Waals surface area (Å²) in [4.78, 5) is 24.6. The van der Waals surface area contributed by atoms with Crippen LogP contribution >= 0.6 is 15.9 Å². The molecule has 0 atom stereocenters. The molecule has 3 rings (SSSR count). The van der Waals surface area contributed by atoms with E-state index in [9.17, 15) is 18.0 Å². The van der Waals surface area contributed by atoms with Crippen LogP contribution in [0.2, 0.25) is 0 Å². The molecule has 0 saturated heterocycles. The molecule has 0 radical (unpaired) electrons. The molecule has 8 nitrogen and oxygen atoms in total. The van der Waals surface area contributed by atoms with Crippen molar-refractivity contribution in [2.45, 2.75) is 18.7 Å². The summed E-state index contributed by atoms with van der Waals surface area (Å²) in [7, 11) is -3.83. The number of amides is 1. The molecule has 0 fully saturated rings. The minimum Gasteiger partial charge on any atom is -0.422 e. The number of sulfonamides is 1. The van der Waals surface area contributed by atoms with Crippen LogP contribution in [-0.2, 0) is 14.8 Å². The van der Waals surface area contributed by atoms with Gasteiger partial charge in [-0.1, -0.05) is 51.3 Å². The van der Waals surface area contributed by atoms with Crippen LogP contribution in [0, 0.1) is 13.8 Å². The number of esters is 1. The van der Waals surface area contributed by atoms with Crippen LogP contribution in [0.25, 0.3) is 0 Å². The first-order valence-corrected chi connectivity index (χ1v) is 12.4. The normalized spacial score (nSPS) is 11.4. The van der Waals surface area contributed by atoms with Gasteiger partial charge in [-0.2, -0.15) is 5.10 Å². The van der Waals surface area contributed by atoms with Gasteiger partial charge in [0.2, 0.25) is 10.0 Å². The molecule has 176 valence electrons. The summed E-state index contributed by atoms with van der Waals surface area (Å²) >= 11 is 3.34. The van der Waals surface area contributed by atoms with Crippen LogP contribution < -0.4 is 14.9 Å². The van der Waals surface area contributed by atoms with Crippen molar-refractivity contribution in [1.82, 2.24) is 10.1 Å². The second kappa shape index (κ2) is 11.2. The lowest BCUT2D eigenvalue weighted by atomic mass is 10.1. The van der Waals surface area contributed by atoms with E-state index in [0.29, 0.717) is 15.6 Å². The van der Waals surface area contributed by atoms with Gasteiger partial charge < -0.3 is 4.74 Å². The lowest BCUT2D eigenvalue weighted by Gasteiger charge is -2.09. The predicted octanol–water partition coefficient (Wildman–Crippen LogP) is 3.71. The second-order valence-electron chi connectivity index (χ2n) is 7.37.